The molecule has 0 spiro atoms. The van der Waals surface area contributed by atoms with Crippen LogP contribution in [0.15, 0.2) is 54.7 Å². The zero-order chi connectivity index (χ0) is 19.1. The molecule has 0 aliphatic carbocycles. The molecule has 0 unspecified atom stereocenters. The fourth-order valence-corrected chi connectivity index (χ4v) is 2.98. The molecule has 140 valence electrons. The van der Waals surface area contributed by atoms with Crippen LogP contribution in [0.5, 0.6) is 5.75 Å². The molecule has 27 heavy (non-hydrogen) atoms. The molecular formula is C21H23N3O3. The van der Waals surface area contributed by atoms with Gasteiger partial charge in [-0.3, -0.25) is 14.6 Å². The molecule has 0 N–H and O–H groups in total. The normalized spacial score (nSPS) is 14.4. The molecule has 0 saturated carbocycles. The van der Waals surface area contributed by atoms with Crippen LogP contribution < -0.4 is 4.74 Å². The Morgan fingerprint density at radius 3 is 2.56 bits per heavy atom. The lowest BCUT2D eigenvalue weighted by Gasteiger charge is -2.34. The topological polar surface area (TPSA) is 62.7 Å². The lowest BCUT2D eigenvalue weighted by atomic mass is 10.1. The number of hydrogen-bond acceptors (Lipinski definition) is 4. The van der Waals surface area contributed by atoms with Gasteiger partial charge in [0.15, 0.2) is 0 Å². The van der Waals surface area contributed by atoms with Crippen molar-refractivity contribution in [1.29, 1.82) is 0 Å². The van der Waals surface area contributed by atoms with Crippen molar-refractivity contribution in [3.8, 4) is 5.75 Å². The highest BCUT2D eigenvalue weighted by Gasteiger charge is 2.23. The summed E-state index contributed by atoms with van der Waals surface area (Å²) in [5, 5.41) is 0. The number of methoxy groups -OCH3 is 1. The Bertz CT molecular complexity index is 812. The quantitative estimate of drug-likeness (QED) is 0.761. The molecule has 2 amide bonds. The summed E-state index contributed by atoms with van der Waals surface area (Å²) in [7, 11) is 1.61. The summed E-state index contributed by atoms with van der Waals surface area (Å²) < 4.78 is 5.20. The number of carbonyl (C=O) groups is 2. The van der Waals surface area contributed by atoms with E-state index in [9.17, 15) is 9.59 Å². The van der Waals surface area contributed by atoms with Crippen LogP contribution >= 0.6 is 0 Å². The van der Waals surface area contributed by atoms with Crippen LogP contribution in [0.3, 0.4) is 0 Å². The number of carbonyl (C=O) groups excluding carboxylic acids is 2. The summed E-state index contributed by atoms with van der Waals surface area (Å²) in [5.74, 6) is 0.760. The lowest BCUT2D eigenvalue weighted by molar-refractivity contribution is -0.136. The van der Waals surface area contributed by atoms with Gasteiger partial charge in [0.1, 0.15) is 5.75 Å². The molecule has 1 aliphatic heterocycles. The molecule has 1 aromatic heterocycles. The second-order valence-electron chi connectivity index (χ2n) is 6.32. The van der Waals surface area contributed by atoms with Crippen molar-refractivity contribution in [2.75, 3.05) is 33.3 Å². The SMILES string of the molecule is COc1cccc(CC(=O)N2CCN(C(=O)C=Cc3ccccn3)CC2)c1. The molecule has 0 bridgehead atoms. The zero-order valence-electron chi connectivity index (χ0n) is 15.4. The van der Waals surface area contributed by atoms with E-state index in [4.69, 9.17) is 4.74 Å². The van der Waals surface area contributed by atoms with Crippen molar-refractivity contribution < 1.29 is 14.3 Å². The summed E-state index contributed by atoms with van der Waals surface area (Å²) in [4.78, 5) is 32.6. The molecule has 2 heterocycles. The summed E-state index contributed by atoms with van der Waals surface area (Å²) in [6.07, 6.45) is 5.28. The molecule has 0 atom stereocenters. The molecule has 1 fully saturated rings. The van der Waals surface area contributed by atoms with E-state index in [0.29, 0.717) is 32.6 Å². The number of aromatic nitrogens is 1. The van der Waals surface area contributed by atoms with Gasteiger partial charge < -0.3 is 14.5 Å². The van der Waals surface area contributed by atoms with Crippen LogP contribution in [0, 0.1) is 0 Å². The van der Waals surface area contributed by atoms with Gasteiger partial charge >= 0.3 is 0 Å². The maximum Gasteiger partial charge on any atom is 0.246 e. The van der Waals surface area contributed by atoms with Gasteiger partial charge in [0.05, 0.1) is 19.2 Å². The van der Waals surface area contributed by atoms with Gasteiger partial charge in [-0.15, -0.1) is 0 Å². The van der Waals surface area contributed by atoms with E-state index in [0.717, 1.165) is 17.0 Å². The van der Waals surface area contributed by atoms with Crippen molar-refractivity contribution >= 4 is 17.9 Å². The molecule has 2 aromatic rings. The number of ether oxygens (including phenoxy) is 1. The molecule has 1 saturated heterocycles. The van der Waals surface area contributed by atoms with Crippen LogP contribution in [-0.4, -0.2) is 59.9 Å². The third-order valence-corrected chi connectivity index (χ3v) is 4.52. The van der Waals surface area contributed by atoms with Gasteiger partial charge in [0.25, 0.3) is 0 Å². The molecule has 1 aromatic carbocycles. The molecule has 6 nitrogen and oxygen atoms in total. The third kappa shape index (κ3) is 5.17. The predicted octanol–water partition coefficient (Wildman–Crippen LogP) is 2.02. The van der Waals surface area contributed by atoms with Crippen LogP contribution in [0.2, 0.25) is 0 Å². The minimum Gasteiger partial charge on any atom is -0.497 e. The van der Waals surface area contributed by atoms with Crippen LogP contribution in [0.1, 0.15) is 11.3 Å². The number of amides is 2. The van der Waals surface area contributed by atoms with Crippen molar-refractivity contribution in [1.82, 2.24) is 14.8 Å². The lowest BCUT2D eigenvalue weighted by Crippen LogP contribution is -2.50. The Balaban J connectivity index is 1.50. The standard InChI is InChI=1S/C21H23N3O3/c1-27-19-7-4-5-17(15-19)16-21(26)24-13-11-23(12-14-24)20(25)9-8-18-6-2-3-10-22-18/h2-10,15H,11-14,16H2,1H3. The van der Waals surface area contributed by atoms with E-state index in [1.807, 2.05) is 47.4 Å². The number of rotatable bonds is 5. The van der Waals surface area contributed by atoms with Gasteiger partial charge in [-0.05, 0) is 35.9 Å². The highest BCUT2D eigenvalue weighted by Crippen LogP contribution is 2.14. The first kappa shape index (κ1) is 18.6. The second kappa shape index (κ2) is 8.98. The van der Waals surface area contributed by atoms with Crippen molar-refractivity contribution in [2.24, 2.45) is 0 Å². The number of hydrogen-bond donors (Lipinski definition) is 0. The van der Waals surface area contributed by atoms with Crippen molar-refractivity contribution in [2.45, 2.75) is 6.42 Å². The van der Waals surface area contributed by atoms with Crippen LogP contribution in [0.4, 0.5) is 0 Å². The number of pyridine rings is 1. The Kier molecular flexibility index (Phi) is 6.20. The first-order chi connectivity index (χ1) is 13.2. The van der Waals surface area contributed by atoms with E-state index in [1.54, 1.807) is 24.3 Å². The summed E-state index contributed by atoms with van der Waals surface area (Å²) in [6, 6.07) is 13.1. The van der Waals surface area contributed by atoms with E-state index in [1.165, 1.54) is 6.08 Å². The first-order valence-electron chi connectivity index (χ1n) is 8.94. The Morgan fingerprint density at radius 1 is 1.07 bits per heavy atom. The minimum atomic E-state index is -0.0550. The molecule has 0 radical (unpaired) electrons. The Labute approximate surface area is 159 Å². The van der Waals surface area contributed by atoms with Crippen molar-refractivity contribution in [3.63, 3.8) is 0 Å². The maximum absolute atomic E-state index is 12.5. The van der Waals surface area contributed by atoms with Crippen LogP contribution in [0.25, 0.3) is 6.08 Å². The average Bonchev–Trinajstić information content (AvgIpc) is 2.73. The third-order valence-electron chi connectivity index (χ3n) is 4.52. The largest absolute Gasteiger partial charge is 0.497 e. The molecule has 6 heteroatoms. The fraction of sp³-hybridized carbons (Fsp3) is 0.286. The Hall–Kier alpha value is -3.15. The monoisotopic (exact) mass is 365 g/mol. The zero-order valence-corrected chi connectivity index (χ0v) is 15.4. The maximum atomic E-state index is 12.5. The summed E-state index contributed by atoms with van der Waals surface area (Å²) in [6.45, 7) is 2.17. The highest BCUT2D eigenvalue weighted by atomic mass is 16.5. The second-order valence-corrected chi connectivity index (χ2v) is 6.32. The summed E-state index contributed by atoms with van der Waals surface area (Å²) in [5.41, 5.74) is 1.68. The van der Waals surface area contributed by atoms with Gasteiger partial charge in [-0.2, -0.15) is 0 Å². The number of nitrogens with zero attached hydrogens (tertiary/aromatic N) is 3. The fourth-order valence-electron chi connectivity index (χ4n) is 2.98. The summed E-state index contributed by atoms with van der Waals surface area (Å²) >= 11 is 0. The number of benzene rings is 1. The first-order valence-corrected chi connectivity index (χ1v) is 8.94. The Morgan fingerprint density at radius 2 is 1.85 bits per heavy atom. The number of piperazine rings is 1. The van der Waals surface area contributed by atoms with Crippen molar-refractivity contribution in [3.05, 3.63) is 66.0 Å². The van der Waals surface area contributed by atoms with Crippen LogP contribution in [-0.2, 0) is 16.0 Å². The smallest absolute Gasteiger partial charge is 0.246 e. The van der Waals surface area contributed by atoms with Gasteiger partial charge in [-0.1, -0.05) is 18.2 Å². The molecule has 1 aliphatic rings. The van der Waals surface area contributed by atoms with E-state index in [2.05, 4.69) is 4.98 Å². The van der Waals surface area contributed by atoms with Gasteiger partial charge in [0, 0.05) is 38.5 Å². The molecule has 3 rings (SSSR count). The average molecular weight is 365 g/mol. The van der Waals surface area contributed by atoms with E-state index < -0.39 is 0 Å². The predicted molar refractivity (Wildman–Crippen MR) is 103 cm³/mol. The highest BCUT2D eigenvalue weighted by molar-refractivity contribution is 5.91. The van der Waals surface area contributed by atoms with Gasteiger partial charge in [-0.25, -0.2) is 0 Å². The van der Waals surface area contributed by atoms with E-state index in [-0.39, 0.29) is 11.8 Å². The minimum absolute atomic E-state index is 0.0550. The van der Waals surface area contributed by atoms with E-state index >= 15 is 0 Å². The molecular weight excluding hydrogens is 342 g/mol. The van der Waals surface area contributed by atoms with Gasteiger partial charge in [0.2, 0.25) is 11.8 Å².